The molecule has 1 amide bonds. The molecule has 1 N–H and O–H groups in total. The Hall–Kier alpha value is -2.16. The van der Waals surface area contributed by atoms with Crippen molar-refractivity contribution in [2.45, 2.75) is 33.2 Å². The predicted molar refractivity (Wildman–Crippen MR) is 117 cm³/mol. The number of aromatic nitrogens is 3. The highest BCUT2D eigenvalue weighted by Crippen LogP contribution is 2.31. The average Bonchev–Trinajstić information content (AvgIpc) is 3.27. The van der Waals surface area contributed by atoms with Crippen molar-refractivity contribution in [1.82, 2.24) is 14.8 Å². The molecule has 2 aromatic heterocycles. The third kappa shape index (κ3) is 4.24. The van der Waals surface area contributed by atoms with Gasteiger partial charge in [-0.2, -0.15) is 5.10 Å². The maximum atomic E-state index is 12.8. The Labute approximate surface area is 178 Å². The van der Waals surface area contributed by atoms with E-state index in [1.165, 1.54) is 0 Å². The topological polar surface area (TPSA) is 72.3 Å². The standard InChI is InChI=1S/C20H24ClN5O2S/c1-3-4-7-26-18(21)17(13(2)24-26)19(27)22-14-5-6-15-16(12-14)29-20(23-15)25-8-10-28-11-9-25/h5-6,12H,3-4,7-11H2,1-2H3,(H,22,27). The van der Waals surface area contributed by atoms with E-state index in [4.69, 9.17) is 21.3 Å². The zero-order valence-electron chi connectivity index (χ0n) is 16.6. The summed E-state index contributed by atoms with van der Waals surface area (Å²) in [5, 5.41) is 8.75. The summed E-state index contributed by atoms with van der Waals surface area (Å²) in [6.07, 6.45) is 2.01. The molecule has 1 aromatic carbocycles. The van der Waals surface area contributed by atoms with Crippen LogP contribution < -0.4 is 10.2 Å². The number of halogens is 1. The second-order valence-electron chi connectivity index (χ2n) is 7.06. The quantitative estimate of drug-likeness (QED) is 0.625. The molecule has 0 bridgehead atoms. The Balaban J connectivity index is 1.53. The Kier molecular flexibility index (Phi) is 6.03. The van der Waals surface area contributed by atoms with Crippen LogP contribution in [0.3, 0.4) is 0 Å². The molecule has 0 radical (unpaired) electrons. The number of thiazole rings is 1. The minimum Gasteiger partial charge on any atom is -0.378 e. The minimum atomic E-state index is -0.243. The molecule has 1 saturated heterocycles. The van der Waals surface area contributed by atoms with Crippen LogP contribution in [0.4, 0.5) is 10.8 Å². The molecule has 3 aromatic rings. The Morgan fingerprint density at radius 3 is 2.90 bits per heavy atom. The van der Waals surface area contributed by atoms with Crippen molar-refractivity contribution in [3.63, 3.8) is 0 Å². The molecule has 29 heavy (non-hydrogen) atoms. The zero-order valence-corrected chi connectivity index (χ0v) is 18.1. The molecule has 4 rings (SSSR count). The van der Waals surface area contributed by atoms with E-state index in [0.717, 1.165) is 60.2 Å². The van der Waals surface area contributed by atoms with Crippen molar-refractivity contribution in [1.29, 1.82) is 0 Å². The maximum absolute atomic E-state index is 12.8. The number of anilines is 2. The second kappa shape index (κ2) is 8.69. The minimum absolute atomic E-state index is 0.243. The monoisotopic (exact) mass is 433 g/mol. The second-order valence-corrected chi connectivity index (χ2v) is 8.43. The smallest absolute Gasteiger partial charge is 0.260 e. The molecule has 154 valence electrons. The van der Waals surface area contributed by atoms with Crippen LogP contribution in [0.2, 0.25) is 5.15 Å². The number of fused-ring (bicyclic) bond motifs is 1. The Morgan fingerprint density at radius 1 is 1.34 bits per heavy atom. The summed E-state index contributed by atoms with van der Waals surface area (Å²) in [6.45, 7) is 7.78. The van der Waals surface area contributed by atoms with Gasteiger partial charge >= 0.3 is 0 Å². The van der Waals surface area contributed by atoms with Crippen LogP contribution in [0.25, 0.3) is 10.2 Å². The van der Waals surface area contributed by atoms with Gasteiger partial charge in [-0.15, -0.1) is 0 Å². The molecule has 9 heteroatoms. The number of amides is 1. The average molecular weight is 434 g/mol. The van der Waals surface area contributed by atoms with Crippen molar-refractivity contribution < 1.29 is 9.53 Å². The van der Waals surface area contributed by atoms with Crippen LogP contribution in [-0.4, -0.2) is 47.0 Å². The van der Waals surface area contributed by atoms with Crippen LogP contribution >= 0.6 is 22.9 Å². The first kappa shape index (κ1) is 20.1. The molecule has 1 aliphatic heterocycles. The SMILES string of the molecule is CCCCn1nc(C)c(C(=O)Nc2ccc3nc(N4CCOCC4)sc3c2)c1Cl. The van der Waals surface area contributed by atoms with Gasteiger partial charge in [0.15, 0.2) is 5.13 Å². The lowest BCUT2D eigenvalue weighted by Gasteiger charge is -2.25. The number of ether oxygens (including phenoxy) is 1. The number of morpholine rings is 1. The van der Waals surface area contributed by atoms with Crippen molar-refractivity contribution in [3.8, 4) is 0 Å². The normalized spacial score (nSPS) is 14.5. The van der Waals surface area contributed by atoms with E-state index in [0.29, 0.717) is 23.0 Å². The molecule has 0 saturated carbocycles. The van der Waals surface area contributed by atoms with Gasteiger partial charge in [-0.1, -0.05) is 36.3 Å². The van der Waals surface area contributed by atoms with E-state index in [1.54, 1.807) is 16.0 Å². The third-order valence-electron chi connectivity index (χ3n) is 4.93. The van der Waals surface area contributed by atoms with Gasteiger partial charge in [0.05, 0.1) is 34.7 Å². The number of carbonyl (C=O) groups is 1. The third-order valence-corrected chi connectivity index (χ3v) is 6.40. The molecule has 3 heterocycles. The molecular weight excluding hydrogens is 410 g/mol. The molecule has 1 fully saturated rings. The van der Waals surface area contributed by atoms with Crippen molar-refractivity contribution in [3.05, 3.63) is 34.6 Å². The highest BCUT2D eigenvalue weighted by Gasteiger charge is 2.21. The number of rotatable bonds is 6. The number of unbranched alkanes of at least 4 members (excludes halogenated alkanes) is 1. The lowest BCUT2D eigenvalue weighted by Crippen LogP contribution is -2.36. The first-order chi connectivity index (χ1) is 14.1. The summed E-state index contributed by atoms with van der Waals surface area (Å²) in [6, 6.07) is 5.76. The Morgan fingerprint density at radius 2 is 2.14 bits per heavy atom. The van der Waals surface area contributed by atoms with Gasteiger partial charge in [0.2, 0.25) is 0 Å². The molecule has 1 aliphatic rings. The van der Waals surface area contributed by atoms with Gasteiger partial charge in [-0.25, -0.2) is 4.98 Å². The van der Waals surface area contributed by atoms with E-state index in [-0.39, 0.29) is 5.91 Å². The van der Waals surface area contributed by atoms with Gasteiger partial charge in [-0.3, -0.25) is 9.48 Å². The van der Waals surface area contributed by atoms with E-state index < -0.39 is 0 Å². The largest absolute Gasteiger partial charge is 0.378 e. The molecule has 0 spiro atoms. The lowest BCUT2D eigenvalue weighted by molar-refractivity contribution is 0.102. The summed E-state index contributed by atoms with van der Waals surface area (Å²) in [5.41, 5.74) is 2.71. The van der Waals surface area contributed by atoms with E-state index in [1.807, 2.05) is 25.1 Å². The van der Waals surface area contributed by atoms with E-state index >= 15 is 0 Å². The first-order valence-corrected chi connectivity index (χ1v) is 11.0. The summed E-state index contributed by atoms with van der Waals surface area (Å²) >= 11 is 8.05. The first-order valence-electron chi connectivity index (χ1n) is 9.84. The fraction of sp³-hybridized carbons (Fsp3) is 0.450. The molecule has 0 atom stereocenters. The van der Waals surface area contributed by atoms with Crippen molar-refractivity contribution in [2.24, 2.45) is 0 Å². The number of hydrogen-bond donors (Lipinski definition) is 1. The predicted octanol–water partition coefficient (Wildman–Crippen LogP) is 4.34. The lowest BCUT2D eigenvalue weighted by atomic mass is 10.2. The molecule has 7 nitrogen and oxygen atoms in total. The number of nitrogens with one attached hydrogen (secondary N) is 1. The highest BCUT2D eigenvalue weighted by atomic mass is 35.5. The van der Waals surface area contributed by atoms with Gasteiger partial charge in [0, 0.05) is 25.3 Å². The molecule has 0 unspecified atom stereocenters. The van der Waals surface area contributed by atoms with Crippen LogP contribution in [0.5, 0.6) is 0 Å². The molecular formula is C20H24ClN5O2S. The number of carbonyl (C=O) groups excluding carboxylic acids is 1. The summed E-state index contributed by atoms with van der Waals surface area (Å²) < 4.78 is 8.15. The fourth-order valence-electron chi connectivity index (χ4n) is 3.34. The van der Waals surface area contributed by atoms with E-state index in [9.17, 15) is 4.79 Å². The van der Waals surface area contributed by atoms with Crippen molar-refractivity contribution in [2.75, 3.05) is 36.5 Å². The van der Waals surface area contributed by atoms with Crippen LogP contribution in [-0.2, 0) is 11.3 Å². The maximum Gasteiger partial charge on any atom is 0.260 e. The molecule has 0 aliphatic carbocycles. The summed E-state index contributed by atoms with van der Waals surface area (Å²) in [4.78, 5) is 19.8. The summed E-state index contributed by atoms with van der Waals surface area (Å²) in [7, 11) is 0. The number of benzene rings is 1. The van der Waals surface area contributed by atoms with Gasteiger partial charge in [0.25, 0.3) is 5.91 Å². The van der Waals surface area contributed by atoms with Gasteiger partial charge in [-0.05, 0) is 31.5 Å². The number of nitrogens with zero attached hydrogens (tertiary/aromatic N) is 4. The van der Waals surface area contributed by atoms with Crippen LogP contribution in [0.1, 0.15) is 35.8 Å². The summed E-state index contributed by atoms with van der Waals surface area (Å²) in [5.74, 6) is -0.243. The van der Waals surface area contributed by atoms with Gasteiger partial charge in [0.1, 0.15) is 5.15 Å². The number of aryl methyl sites for hydroxylation is 2. The zero-order chi connectivity index (χ0) is 20.4. The highest BCUT2D eigenvalue weighted by molar-refractivity contribution is 7.22. The Bertz CT molecular complexity index is 1030. The number of hydrogen-bond acceptors (Lipinski definition) is 6. The van der Waals surface area contributed by atoms with Crippen molar-refractivity contribution >= 4 is 49.9 Å². The van der Waals surface area contributed by atoms with Gasteiger partial charge < -0.3 is 15.0 Å². The van der Waals surface area contributed by atoms with E-state index in [2.05, 4.69) is 22.2 Å². The van der Waals surface area contributed by atoms with Crippen LogP contribution in [0.15, 0.2) is 18.2 Å². The van der Waals surface area contributed by atoms with Crippen LogP contribution in [0, 0.1) is 6.92 Å². The fourth-order valence-corrected chi connectivity index (χ4v) is 4.74.